The minimum absolute atomic E-state index is 0.111. The van der Waals surface area contributed by atoms with Crippen LogP contribution in [0.1, 0.15) is 13.8 Å². The van der Waals surface area contributed by atoms with Crippen molar-refractivity contribution in [3.05, 3.63) is 24.3 Å². The first-order chi connectivity index (χ1) is 15.6. The molecule has 191 valence electrons. The van der Waals surface area contributed by atoms with Gasteiger partial charge in [-0.1, -0.05) is 13.2 Å². The van der Waals surface area contributed by atoms with Crippen LogP contribution >= 0.6 is 0 Å². The first kappa shape index (κ1) is 30.7. The number of ether oxygens (including phenoxy) is 4. The van der Waals surface area contributed by atoms with E-state index in [4.69, 9.17) is 0 Å². The van der Waals surface area contributed by atoms with Crippen LogP contribution in [0.3, 0.4) is 0 Å². The standard InChI is InChI=1S/C18H24BF4N2O9/c1-11(2)13(26)30-7-5-24-15(28)32-9-17(20,21)19-34-18(22,23)10-33-16(29)25-6-8-31-14(27)12(3)4/h1,3,5-10H2,2,4H3,(H,24,28)(H,25,29). The summed E-state index contributed by atoms with van der Waals surface area (Å²) in [6.45, 7) is 4.94. The molecule has 0 bridgehead atoms. The van der Waals surface area contributed by atoms with Crippen LogP contribution in [0, 0.1) is 0 Å². The Labute approximate surface area is 193 Å². The lowest BCUT2D eigenvalue weighted by molar-refractivity contribution is -0.207. The lowest BCUT2D eigenvalue weighted by Crippen LogP contribution is -2.42. The molecule has 2 N–H and O–H groups in total. The minimum atomic E-state index is -4.33. The molecule has 0 heterocycles. The molecule has 16 heteroatoms. The number of rotatable bonds is 15. The van der Waals surface area contributed by atoms with Gasteiger partial charge in [0.05, 0.1) is 13.1 Å². The maximum absolute atomic E-state index is 13.6. The molecule has 0 aliphatic rings. The first-order valence-electron chi connectivity index (χ1n) is 9.39. The van der Waals surface area contributed by atoms with E-state index in [1.165, 1.54) is 13.8 Å². The summed E-state index contributed by atoms with van der Waals surface area (Å²) in [7, 11) is -0.576. The van der Waals surface area contributed by atoms with Gasteiger partial charge in [0.15, 0.2) is 13.2 Å². The van der Waals surface area contributed by atoms with Gasteiger partial charge in [-0.3, -0.25) is 0 Å². The van der Waals surface area contributed by atoms with E-state index in [0.29, 0.717) is 0 Å². The zero-order chi connectivity index (χ0) is 26.4. The van der Waals surface area contributed by atoms with Crippen molar-refractivity contribution in [1.29, 1.82) is 0 Å². The van der Waals surface area contributed by atoms with Crippen LogP contribution in [0.25, 0.3) is 0 Å². The van der Waals surface area contributed by atoms with Crippen molar-refractivity contribution in [2.75, 3.05) is 39.5 Å². The number of carbonyl (C=O) groups is 4. The van der Waals surface area contributed by atoms with E-state index in [2.05, 4.69) is 36.8 Å². The fourth-order valence-corrected chi connectivity index (χ4v) is 1.49. The third kappa shape index (κ3) is 15.5. The van der Waals surface area contributed by atoms with Crippen molar-refractivity contribution < 1.29 is 60.3 Å². The van der Waals surface area contributed by atoms with Gasteiger partial charge in [-0.25, -0.2) is 28.0 Å². The Morgan fingerprint density at radius 2 is 1.18 bits per heavy atom. The summed E-state index contributed by atoms with van der Waals surface area (Å²) in [6, 6.07) is 0. The predicted molar refractivity (Wildman–Crippen MR) is 107 cm³/mol. The first-order valence-corrected chi connectivity index (χ1v) is 9.39. The van der Waals surface area contributed by atoms with E-state index in [9.17, 15) is 36.7 Å². The number of esters is 2. The monoisotopic (exact) mass is 499 g/mol. The predicted octanol–water partition coefficient (Wildman–Crippen LogP) is 1.50. The molecule has 0 atom stereocenters. The molecule has 0 aromatic heterocycles. The van der Waals surface area contributed by atoms with Crippen molar-refractivity contribution in [2.24, 2.45) is 0 Å². The third-order valence-electron chi connectivity index (χ3n) is 3.08. The smallest absolute Gasteiger partial charge is 0.407 e. The number of hydrogen-bond acceptors (Lipinski definition) is 9. The Balaban J connectivity index is 4.14. The van der Waals surface area contributed by atoms with Crippen molar-refractivity contribution in [1.82, 2.24) is 10.6 Å². The summed E-state index contributed by atoms with van der Waals surface area (Å²) < 4.78 is 75.3. The van der Waals surface area contributed by atoms with E-state index in [-0.39, 0.29) is 37.4 Å². The molecule has 11 nitrogen and oxygen atoms in total. The third-order valence-corrected chi connectivity index (χ3v) is 3.08. The molecule has 34 heavy (non-hydrogen) atoms. The molecule has 0 rings (SSSR count). The van der Waals surface area contributed by atoms with Crippen molar-refractivity contribution in [2.45, 2.75) is 25.8 Å². The number of nitrogens with one attached hydrogen (secondary N) is 2. The number of alkyl halides is 4. The second kappa shape index (κ2) is 14.8. The van der Waals surface area contributed by atoms with Gasteiger partial charge in [-0.05, 0) is 13.8 Å². The lowest BCUT2D eigenvalue weighted by atomic mass is 9.90. The van der Waals surface area contributed by atoms with Crippen molar-refractivity contribution >= 4 is 31.6 Å². The minimum Gasteiger partial charge on any atom is -0.460 e. The Hall–Kier alpha value is -3.30. The van der Waals surface area contributed by atoms with Gasteiger partial charge in [-0.2, -0.15) is 8.78 Å². The number of alkyl carbamates (subject to hydrolysis) is 2. The zero-order valence-electron chi connectivity index (χ0n) is 18.4. The van der Waals surface area contributed by atoms with Gasteiger partial charge in [0, 0.05) is 11.1 Å². The van der Waals surface area contributed by atoms with Crippen LogP contribution in [-0.4, -0.2) is 83.1 Å². The Kier molecular flexibility index (Phi) is 13.3. The molecule has 0 aliphatic carbocycles. The van der Waals surface area contributed by atoms with Crippen LogP contribution in [0.15, 0.2) is 24.3 Å². The number of hydrogen-bond donors (Lipinski definition) is 2. The highest BCUT2D eigenvalue weighted by Crippen LogP contribution is 2.20. The Bertz CT molecular complexity index is 704. The normalized spacial score (nSPS) is 11.0. The quantitative estimate of drug-likeness (QED) is 0.0858. The summed E-state index contributed by atoms with van der Waals surface area (Å²) in [4.78, 5) is 44.8. The number of amides is 2. The van der Waals surface area contributed by atoms with Crippen LogP contribution in [0.4, 0.5) is 27.2 Å². The van der Waals surface area contributed by atoms with Gasteiger partial charge < -0.3 is 34.2 Å². The molecule has 0 spiro atoms. The Morgan fingerprint density at radius 3 is 1.59 bits per heavy atom. The maximum atomic E-state index is 13.6. The topological polar surface area (TPSA) is 138 Å². The fourth-order valence-electron chi connectivity index (χ4n) is 1.49. The molecule has 0 saturated carbocycles. The average Bonchev–Trinajstić information content (AvgIpc) is 2.75. The van der Waals surface area contributed by atoms with Crippen molar-refractivity contribution in [3.63, 3.8) is 0 Å². The van der Waals surface area contributed by atoms with E-state index in [0.717, 1.165) is 0 Å². The lowest BCUT2D eigenvalue weighted by Gasteiger charge is -2.20. The summed E-state index contributed by atoms with van der Waals surface area (Å²) >= 11 is 0. The van der Waals surface area contributed by atoms with Crippen LogP contribution < -0.4 is 10.6 Å². The summed E-state index contributed by atoms with van der Waals surface area (Å²) in [5, 5.41) is 3.96. The highest BCUT2D eigenvalue weighted by Gasteiger charge is 2.41. The highest BCUT2D eigenvalue weighted by molar-refractivity contribution is 6.31. The van der Waals surface area contributed by atoms with Gasteiger partial charge in [-0.15, -0.1) is 0 Å². The Morgan fingerprint density at radius 1 is 0.765 bits per heavy atom. The van der Waals surface area contributed by atoms with Gasteiger partial charge in [0.1, 0.15) is 13.2 Å². The molecular formula is C18H24BF4N2O9. The molecule has 2 amide bonds. The van der Waals surface area contributed by atoms with E-state index < -0.39 is 56.8 Å². The second-order valence-corrected chi connectivity index (χ2v) is 6.47. The second-order valence-electron chi connectivity index (χ2n) is 6.47. The molecule has 0 aromatic rings. The fraction of sp³-hybridized carbons (Fsp3) is 0.556. The zero-order valence-corrected chi connectivity index (χ0v) is 18.4. The van der Waals surface area contributed by atoms with Crippen LogP contribution in [0.2, 0.25) is 0 Å². The molecule has 0 aliphatic heterocycles. The average molecular weight is 499 g/mol. The molecule has 0 saturated heterocycles. The summed E-state index contributed by atoms with van der Waals surface area (Å²) in [5.41, 5.74) is 0.224. The SMILES string of the molecule is C=C(C)C(=O)OCCNC(=O)OCC(F)(F)[B]OC(F)(F)COC(=O)NCCOC(=O)C(=C)C. The molecule has 0 fully saturated rings. The number of halogens is 4. The van der Waals surface area contributed by atoms with E-state index in [1.807, 2.05) is 10.6 Å². The van der Waals surface area contributed by atoms with E-state index in [1.54, 1.807) is 0 Å². The van der Waals surface area contributed by atoms with E-state index >= 15 is 0 Å². The molecular weight excluding hydrogens is 475 g/mol. The molecule has 0 aromatic carbocycles. The number of carbonyl (C=O) groups excluding carboxylic acids is 4. The summed E-state index contributed by atoms with van der Waals surface area (Å²) in [5.74, 6) is -5.57. The van der Waals surface area contributed by atoms with Gasteiger partial charge in [0.2, 0.25) is 0 Å². The highest BCUT2D eigenvalue weighted by atomic mass is 19.3. The van der Waals surface area contributed by atoms with Gasteiger partial charge >= 0.3 is 37.7 Å². The van der Waals surface area contributed by atoms with Crippen molar-refractivity contribution in [3.8, 4) is 0 Å². The largest absolute Gasteiger partial charge is 0.460 e. The van der Waals surface area contributed by atoms with Crippen LogP contribution in [-0.2, 0) is 33.2 Å². The molecule has 0 unspecified atom stereocenters. The maximum Gasteiger partial charge on any atom is 0.407 e. The summed E-state index contributed by atoms with van der Waals surface area (Å²) in [6.07, 6.45) is -7.02. The molecule has 1 radical (unpaired) electrons. The van der Waals surface area contributed by atoms with Gasteiger partial charge in [0.25, 0.3) is 5.82 Å². The van der Waals surface area contributed by atoms with Crippen LogP contribution in [0.5, 0.6) is 0 Å².